The predicted octanol–water partition coefficient (Wildman–Crippen LogP) is 2.49. The summed E-state index contributed by atoms with van der Waals surface area (Å²) in [5, 5.41) is 13.8. The highest BCUT2D eigenvalue weighted by molar-refractivity contribution is 7.98. The van der Waals surface area contributed by atoms with Gasteiger partial charge in [-0.25, -0.2) is 0 Å². The number of nitrogens with one attached hydrogen (secondary N) is 1. The molecule has 0 saturated heterocycles. The number of nitrogens with zero attached hydrogens (tertiary/aromatic N) is 3. The molecule has 0 aromatic carbocycles. The first-order valence-corrected chi connectivity index (χ1v) is 8.17. The van der Waals surface area contributed by atoms with E-state index in [1.807, 2.05) is 29.2 Å². The topological polar surface area (TPSA) is 59.8 Å². The molecule has 0 aliphatic heterocycles. The molecule has 0 bridgehead atoms. The molecule has 0 saturated carbocycles. The van der Waals surface area contributed by atoms with Crippen molar-refractivity contribution < 1.29 is 4.79 Å². The second-order valence-electron chi connectivity index (χ2n) is 4.12. The van der Waals surface area contributed by atoms with Gasteiger partial charge in [0.1, 0.15) is 0 Å². The van der Waals surface area contributed by atoms with E-state index in [1.54, 1.807) is 6.08 Å². The fourth-order valence-electron chi connectivity index (χ4n) is 1.76. The molecule has 1 N–H and O–H groups in total. The first-order chi connectivity index (χ1) is 9.67. The fourth-order valence-corrected chi connectivity index (χ4v) is 3.12. The molecule has 2 rings (SSSR count). The lowest BCUT2D eigenvalue weighted by Gasteiger charge is -2.07. The van der Waals surface area contributed by atoms with E-state index in [0.717, 1.165) is 21.4 Å². The van der Waals surface area contributed by atoms with Crippen molar-refractivity contribution >= 4 is 29.0 Å². The van der Waals surface area contributed by atoms with Gasteiger partial charge in [0.25, 0.3) is 5.91 Å². The molecule has 20 heavy (non-hydrogen) atoms. The molecule has 106 valence electrons. The van der Waals surface area contributed by atoms with Gasteiger partial charge in [0.2, 0.25) is 0 Å². The maximum atomic E-state index is 12.1. The Hall–Kier alpha value is -1.60. The minimum absolute atomic E-state index is 0.0728. The first kappa shape index (κ1) is 14.8. The first-order valence-electron chi connectivity index (χ1n) is 6.06. The number of allylic oxidation sites excluding steroid dienone is 1. The summed E-state index contributed by atoms with van der Waals surface area (Å²) in [6, 6.07) is 1.94. The Labute approximate surface area is 126 Å². The Balaban J connectivity index is 2.07. The van der Waals surface area contributed by atoms with Crippen molar-refractivity contribution in [3.8, 4) is 0 Å². The Kier molecular flexibility index (Phi) is 4.97. The van der Waals surface area contributed by atoms with Crippen LogP contribution in [0, 0.1) is 6.92 Å². The van der Waals surface area contributed by atoms with Crippen molar-refractivity contribution in [2.75, 3.05) is 6.26 Å². The number of rotatable bonds is 6. The quantitative estimate of drug-likeness (QED) is 0.658. The van der Waals surface area contributed by atoms with Crippen molar-refractivity contribution in [1.82, 2.24) is 20.1 Å². The van der Waals surface area contributed by atoms with E-state index in [-0.39, 0.29) is 5.91 Å². The van der Waals surface area contributed by atoms with Crippen molar-refractivity contribution in [2.45, 2.75) is 25.2 Å². The molecule has 2 aromatic heterocycles. The van der Waals surface area contributed by atoms with Crippen LogP contribution in [0.2, 0.25) is 0 Å². The number of thiophene rings is 1. The molecule has 2 aromatic rings. The van der Waals surface area contributed by atoms with E-state index < -0.39 is 0 Å². The van der Waals surface area contributed by atoms with Crippen LogP contribution in [0.3, 0.4) is 0 Å². The zero-order chi connectivity index (χ0) is 14.5. The van der Waals surface area contributed by atoms with Crippen molar-refractivity contribution in [3.05, 3.63) is 40.4 Å². The lowest BCUT2D eigenvalue weighted by atomic mass is 10.3. The molecule has 0 fully saturated rings. The largest absolute Gasteiger partial charge is 0.344 e. The second-order valence-corrected chi connectivity index (χ2v) is 5.81. The monoisotopic (exact) mass is 308 g/mol. The number of carbonyl (C=O) groups excluding carboxylic acids is 1. The Morgan fingerprint density at radius 1 is 1.60 bits per heavy atom. The van der Waals surface area contributed by atoms with Crippen LogP contribution in [0.4, 0.5) is 0 Å². The van der Waals surface area contributed by atoms with Crippen LogP contribution in [0.15, 0.2) is 29.3 Å². The van der Waals surface area contributed by atoms with Gasteiger partial charge >= 0.3 is 0 Å². The molecule has 1 amide bonds. The van der Waals surface area contributed by atoms with Crippen molar-refractivity contribution in [1.29, 1.82) is 0 Å². The van der Waals surface area contributed by atoms with Gasteiger partial charge < -0.3 is 9.88 Å². The summed E-state index contributed by atoms with van der Waals surface area (Å²) in [6.07, 6.45) is 3.73. The molecule has 5 nitrogen and oxygen atoms in total. The SMILES string of the molecule is C=CCn1c(CNC(=O)c2sccc2C)nnc1SC. The lowest BCUT2D eigenvalue weighted by Crippen LogP contribution is -2.24. The van der Waals surface area contributed by atoms with Crippen LogP contribution in [-0.2, 0) is 13.1 Å². The average Bonchev–Trinajstić information content (AvgIpc) is 3.03. The number of amides is 1. The van der Waals surface area contributed by atoms with E-state index in [4.69, 9.17) is 0 Å². The van der Waals surface area contributed by atoms with Crippen LogP contribution in [0.1, 0.15) is 21.1 Å². The molecular formula is C13H16N4OS2. The number of aryl methyl sites for hydroxylation is 1. The maximum Gasteiger partial charge on any atom is 0.261 e. The summed E-state index contributed by atoms with van der Waals surface area (Å²) in [5.41, 5.74) is 0.991. The third-order valence-corrected chi connectivity index (χ3v) is 4.45. The van der Waals surface area contributed by atoms with Crippen LogP contribution in [-0.4, -0.2) is 26.9 Å². The second kappa shape index (κ2) is 6.71. The smallest absolute Gasteiger partial charge is 0.261 e. The minimum atomic E-state index is -0.0728. The summed E-state index contributed by atoms with van der Waals surface area (Å²) in [5.74, 6) is 0.660. The fraction of sp³-hybridized carbons (Fsp3) is 0.308. The van der Waals surface area contributed by atoms with Gasteiger partial charge in [-0.1, -0.05) is 17.8 Å². The lowest BCUT2D eigenvalue weighted by molar-refractivity contribution is 0.0953. The van der Waals surface area contributed by atoms with E-state index in [1.165, 1.54) is 23.1 Å². The molecule has 0 unspecified atom stereocenters. The summed E-state index contributed by atoms with van der Waals surface area (Å²) in [6.45, 7) is 6.65. The van der Waals surface area contributed by atoms with Crippen LogP contribution >= 0.6 is 23.1 Å². The highest BCUT2D eigenvalue weighted by Gasteiger charge is 2.14. The van der Waals surface area contributed by atoms with E-state index >= 15 is 0 Å². The van der Waals surface area contributed by atoms with E-state index in [0.29, 0.717) is 13.1 Å². The van der Waals surface area contributed by atoms with Gasteiger partial charge in [0, 0.05) is 6.54 Å². The van der Waals surface area contributed by atoms with Crippen LogP contribution in [0.25, 0.3) is 0 Å². The number of hydrogen-bond acceptors (Lipinski definition) is 5. The molecule has 0 aliphatic rings. The molecule has 0 radical (unpaired) electrons. The van der Waals surface area contributed by atoms with Crippen molar-refractivity contribution in [3.63, 3.8) is 0 Å². The van der Waals surface area contributed by atoms with Gasteiger partial charge in [0.05, 0.1) is 11.4 Å². The summed E-state index contributed by atoms with van der Waals surface area (Å²) in [4.78, 5) is 12.8. The molecule has 7 heteroatoms. The Bertz CT molecular complexity index is 618. The molecule has 0 aliphatic carbocycles. The summed E-state index contributed by atoms with van der Waals surface area (Å²) < 4.78 is 1.94. The van der Waals surface area contributed by atoms with Gasteiger partial charge in [0.15, 0.2) is 11.0 Å². The Morgan fingerprint density at radius 2 is 2.40 bits per heavy atom. The molecular weight excluding hydrogens is 292 g/mol. The van der Waals surface area contributed by atoms with E-state index in [9.17, 15) is 4.79 Å². The zero-order valence-corrected chi connectivity index (χ0v) is 13.1. The number of carbonyl (C=O) groups is 1. The molecule has 2 heterocycles. The molecule has 0 spiro atoms. The standard InChI is InChI=1S/C13H16N4OS2/c1-4-6-17-10(15-16-13(17)19-3)8-14-12(18)11-9(2)5-7-20-11/h4-5,7H,1,6,8H2,2-3H3,(H,14,18). The van der Waals surface area contributed by atoms with Gasteiger partial charge in [-0.15, -0.1) is 28.1 Å². The van der Waals surface area contributed by atoms with Crippen molar-refractivity contribution in [2.24, 2.45) is 0 Å². The highest BCUT2D eigenvalue weighted by atomic mass is 32.2. The number of aromatic nitrogens is 3. The highest BCUT2D eigenvalue weighted by Crippen LogP contribution is 2.16. The summed E-state index contributed by atoms with van der Waals surface area (Å²) in [7, 11) is 0. The van der Waals surface area contributed by atoms with E-state index in [2.05, 4.69) is 22.1 Å². The molecule has 0 atom stereocenters. The number of hydrogen-bond donors (Lipinski definition) is 1. The Morgan fingerprint density at radius 3 is 3.00 bits per heavy atom. The average molecular weight is 308 g/mol. The van der Waals surface area contributed by atoms with Crippen LogP contribution < -0.4 is 5.32 Å². The zero-order valence-electron chi connectivity index (χ0n) is 11.4. The van der Waals surface area contributed by atoms with Gasteiger partial charge in [-0.2, -0.15) is 0 Å². The number of thioether (sulfide) groups is 1. The third kappa shape index (κ3) is 3.10. The minimum Gasteiger partial charge on any atom is -0.344 e. The van der Waals surface area contributed by atoms with Gasteiger partial charge in [-0.3, -0.25) is 4.79 Å². The van der Waals surface area contributed by atoms with Crippen LogP contribution in [0.5, 0.6) is 0 Å². The third-order valence-electron chi connectivity index (χ3n) is 2.76. The maximum absolute atomic E-state index is 12.1. The predicted molar refractivity (Wildman–Crippen MR) is 82.2 cm³/mol. The summed E-state index contributed by atoms with van der Waals surface area (Å²) >= 11 is 2.96. The normalized spacial score (nSPS) is 10.5. The van der Waals surface area contributed by atoms with Gasteiger partial charge in [-0.05, 0) is 30.2 Å².